The van der Waals surface area contributed by atoms with E-state index in [0.29, 0.717) is 28.6 Å². The number of nitrogens with two attached hydrogens (primary N) is 2. The number of hydrogen-bond acceptors (Lipinski definition) is 10. The number of esters is 1. The summed E-state index contributed by atoms with van der Waals surface area (Å²) in [6.45, 7) is 9.06. The van der Waals surface area contributed by atoms with Crippen LogP contribution in [0.4, 0.5) is 20.4 Å². The summed E-state index contributed by atoms with van der Waals surface area (Å²) < 4.78 is 35.4. The molecule has 6 N–H and O–H groups in total. The predicted molar refractivity (Wildman–Crippen MR) is 231 cm³/mol. The molecule has 4 aromatic carbocycles. The zero-order valence-electron chi connectivity index (χ0n) is 35.3. The van der Waals surface area contributed by atoms with Gasteiger partial charge in [-0.05, 0) is 120 Å². The maximum Gasteiger partial charge on any atom is 0.338 e. The van der Waals surface area contributed by atoms with Gasteiger partial charge in [-0.2, -0.15) is 0 Å². The van der Waals surface area contributed by atoms with E-state index in [9.17, 15) is 32.8 Å². The quantitative estimate of drug-likeness (QED) is 0.0775. The molecular formula is C47H46F2N8O6. The van der Waals surface area contributed by atoms with Gasteiger partial charge in [-0.3, -0.25) is 28.3 Å². The Balaban J connectivity index is 0.000000191. The number of aryl methyl sites for hydroxylation is 2. The van der Waals surface area contributed by atoms with E-state index < -0.39 is 34.8 Å². The highest BCUT2D eigenvalue weighted by molar-refractivity contribution is 6.12. The van der Waals surface area contributed by atoms with Crippen LogP contribution in [0.3, 0.4) is 0 Å². The molecule has 2 fully saturated rings. The highest BCUT2D eigenvalue weighted by atomic mass is 19.1. The summed E-state index contributed by atoms with van der Waals surface area (Å²) in [4.78, 5) is 71.4. The smallest absolute Gasteiger partial charge is 0.338 e. The Labute approximate surface area is 361 Å². The molecule has 2 amide bonds. The third kappa shape index (κ3) is 10.2. The second kappa shape index (κ2) is 17.5. The number of rotatable bonds is 11. The molecule has 6 aromatic rings. The molecule has 8 rings (SSSR count). The van der Waals surface area contributed by atoms with Crippen molar-refractivity contribution in [2.45, 2.75) is 78.0 Å². The maximum absolute atomic E-state index is 13.5. The Morgan fingerprint density at radius 3 is 1.51 bits per heavy atom. The second-order valence-electron chi connectivity index (χ2n) is 16.6. The minimum atomic E-state index is -0.864. The fourth-order valence-corrected chi connectivity index (χ4v) is 6.55. The van der Waals surface area contributed by atoms with Gasteiger partial charge in [0.2, 0.25) is 11.6 Å². The Morgan fingerprint density at radius 1 is 0.619 bits per heavy atom. The molecule has 63 heavy (non-hydrogen) atoms. The summed E-state index contributed by atoms with van der Waals surface area (Å²) in [6, 6.07) is 19.8. The molecule has 0 radical (unpaired) electrons. The van der Waals surface area contributed by atoms with Crippen LogP contribution in [0, 0.1) is 25.5 Å². The van der Waals surface area contributed by atoms with Gasteiger partial charge >= 0.3 is 5.97 Å². The fraction of sp³-hybridized carbons (Fsp3) is 0.255. The van der Waals surface area contributed by atoms with Crippen LogP contribution in [-0.4, -0.2) is 66.1 Å². The van der Waals surface area contributed by atoms with E-state index in [4.69, 9.17) is 16.2 Å². The molecule has 324 valence electrons. The summed E-state index contributed by atoms with van der Waals surface area (Å²) in [7, 11) is 0. The molecule has 0 spiro atoms. The lowest BCUT2D eigenvalue weighted by molar-refractivity contribution is 0.00691. The number of ketones is 2. The second-order valence-corrected chi connectivity index (χ2v) is 16.6. The zero-order chi connectivity index (χ0) is 45.3. The highest BCUT2D eigenvalue weighted by Crippen LogP contribution is 2.27. The van der Waals surface area contributed by atoms with Crippen molar-refractivity contribution in [1.82, 2.24) is 29.7 Å². The average molecular weight is 857 g/mol. The van der Waals surface area contributed by atoms with Gasteiger partial charge in [0, 0.05) is 40.4 Å². The molecule has 2 heterocycles. The molecule has 2 aliphatic rings. The van der Waals surface area contributed by atoms with E-state index in [2.05, 4.69) is 20.6 Å². The number of imidazole rings is 2. The Morgan fingerprint density at radius 2 is 1.06 bits per heavy atom. The number of hydrogen-bond donors (Lipinski definition) is 4. The molecule has 0 saturated heterocycles. The first-order chi connectivity index (χ1) is 29.9. The minimum Gasteiger partial charge on any atom is -0.456 e. The number of carbonyl (C=O) groups is 5. The summed E-state index contributed by atoms with van der Waals surface area (Å²) in [5, 5.41) is 5.89. The van der Waals surface area contributed by atoms with Gasteiger partial charge in [0.25, 0.3) is 11.8 Å². The number of carbonyl (C=O) groups excluding carboxylic acids is 5. The van der Waals surface area contributed by atoms with Gasteiger partial charge in [0.15, 0.2) is 11.4 Å². The molecule has 0 aliphatic heterocycles. The van der Waals surface area contributed by atoms with E-state index in [1.165, 1.54) is 23.3 Å². The predicted octanol–water partition coefficient (Wildman–Crippen LogP) is 7.01. The molecule has 2 saturated carbocycles. The summed E-state index contributed by atoms with van der Waals surface area (Å²) in [5.74, 6) is -3.51. The lowest BCUT2D eigenvalue weighted by Gasteiger charge is -2.19. The van der Waals surface area contributed by atoms with Gasteiger partial charge in [-0.15, -0.1) is 0 Å². The average Bonchev–Trinajstić information content (AvgIpc) is 4.16. The topological polar surface area (TPSA) is 206 Å². The number of halogens is 2. The van der Waals surface area contributed by atoms with Crippen molar-refractivity contribution in [2.24, 2.45) is 0 Å². The van der Waals surface area contributed by atoms with Crippen molar-refractivity contribution in [3.63, 3.8) is 0 Å². The van der Waals surface area contributed by atoms with Crippen LogP contribution in [0.1, 0.15) is 121 Å². The van der Waals surface area contributed by atoms with Crippen molar-refractivity contribution in [2.75, 3.05) is 11.5 Å². The Hall–Kier alpha value is -7.49. The Bertz CT molecular complexity index is 2780. The number of nitrogen functional groups attached to an aromatic ring is 2. The number of amides is 2. The van der Waals surface area contributed by atoms with Crippen molar-refractivity contribution in [3.8, 4) is 11.4 Å². The van der Waals surface area contributed by atoms with Crippen molar-refractivity contribution in [3.05, 3.63) is 153 Å². The molecule has 14 nitrogen and oxygen atoms in total. The van der Waals surface area contributed by atoms with Crippen LogP contribution in [0.15, 0.2) is 91.5 Å². The van der Waals surface area contributed by atoms with Gasteiger partial charge in [-0.25, -0.2) is 23.5 Å². The zero-order valence-corrected chi connectivity index (χ0v) is 35.3. The van der Waals surface area contributed by atoms with Crippen molar-refractivity contribution >= 4 is 41.0 Å². The van der Waals surface area contributed by atoms with Crippen molar-refractivity contribution < 1.29 is 37.5 Å². The van der Waals surface area contributed by atoms with E-state index in [1.807, 2.05) is 19.9 Å². The lowest BCUT2D eigenvalue weighted by Crippen LogP contribution is -2.25. The highest BCUT2D eigenvalue weighted by Gasteiger charge is 2.27. The third-order valence-electron chi connectivity index (χ3n) is 10.2. The normalized spacial score (nSPS) is 13.4. The molecule has 2 aromatic heterocycles. The molecule has 2 aliphatic carbocycles. The van der Waals surface area contributed by atoms with E-state index in [1.54, 1.807) is 73.9 Å². The molecule has 0 bridgehead atoms. The monoisotopic (exact) mass is 856 g/mol. The molecule has 0 unspecified atom stereocenters. The van der Waals surface area contributed by atoms with Gasteiger partial charge in [-0.1, -0.05) is 24.3 Å². The van der Waals surface area contributed by atoms with Crippen LogP contribution < -0.4 is 22.1 Å². The number of nitrogens with one attached hydrogen (secondary N) is 2. The Kier molecular flexibility index (Phi) is 12.1. The van der Waals surface area contributed by atoms with E-state index >= 15 is 0 Å². The maximum atomic E-state index is 13.5. The number of aromatic nitrogens is 4. The van der Waals surface area contributed by atoms with E-state index in [-0.39, 0.29) is 63.6 Å². The number of benzene rings is 4. The first-order valence-corrected chi connectivity index (χ1v) is 20.2. The minimum absolute atomic E-state index is 0.0162. The first kappa shape index (κ1) is 43.6. The summed E-state index contributed by atoms with van der Waals surface area (Å²) in [6.07, 6.45) is 6.77. The van der Waals surface area contributed by atoms with E-state index in [0.717, 1.165) is 48.9 Å². The standard InChI is InChI=1S/C26H28N4O4.C21H18F2N4O2/c1-15-8-9-17(24(32)29-19-10-11-19)13-20(15)30-14-28-21(23(30)27)22(31)16-6-5-7-18(12-16)25(33)34-26(2,3)4;1-11-2-3-12(21(29)26-16-4-5-16)8-17(11)27-10-25-18(20(27)24)19(28)13-6-14(22)9-15(23)7-13/h5-9,12-14,19H,10-11,27H2,1-4H3,(H,29,32);2-3,6-10,16H,4-5,24H2,1H3,(H,26,29). The van der Waals surface area contributed by atoms with Crippen LogP contribution in [0.2, 0.25) is 0 Å². The summed E-state index contributed by atoms with van der Waals surface area (Å²) >= 11 is 0. The first-order valence-electron chi connectivity index (χ1n) is 20.2. The van der Waals surface area contributed by atoms with Gasteiger partial charge in [0.05, 0.1) is 16.9 Å². The van der Waals surface area contributed by atoms with Gasteiger partial charge in [0.1, 0.15) is 41.5 Å². The van der Waals surface area contributed by atoms with Crippen LogP contribution >= 0.6 is 0 Å². The largest absolute Gasteiger partial charge is 0.456 e. The lowest BCUT2D eigenvalue weighted by atomic mass is 10.0. The third-order valence-corrected chi connectivity index (χ3v) is 10.2. The van der Waals surface area contributed by atoms with Crippen LogP contribution in [-0.2, 0) is 4.74 Å². The number of anilines is 2. The van der Waals surface area contributed by atoms with Crippen LogP contribution in [0.25, 0.3) is 11.4 Å². The SMILES string of the molecule is Cc1ccc(C(=O)NC2CC2)cc1-n1cnc(C(=O)c2cc(F)cc(F)c2)c1N.Cc1ccc(C(=O)NC2CC2)cc1-n1cnc(C(=O)c2cccc(C(=O)OC(C)(C)C)c2)c1N. The molecule has 0 atom stereocenters. The van der Waals surface area contributed by atoms with Crippen molar-refractivity contribution in [1.29, 1.82) is 0 Å². The van der Waals surface area contributed by atoms with Gasteiger partial charge < -0.3 is 26.8 Å². The molecular weight excluding hydrogens is 811 g/mol. The number of nitrogens with zero attached hydrogens (tertiary/aromatic N) is 4. The summed E-state index contributed by atoms with van der Waals surface area (Å²) in [5.41, 5.74) is 16.0. The van der Waals surface area contributed by atoms with Crippen LogP contribution in [0.5, 0.6) is 0 Å². The molecule has 16 heteroatoms. The number of ether oxygens (including phenoxy) is 1. The fourth-order valence-electron chi connectivity index (χ4n) is 6.55.